The Labute approximate surface area is 84.9 Å². The molecule has 0 saturated heterocycles. The molecule has 0 spiro atoms. The van der Waals surface area contributed by atoms with E-state index in [2.05, 4.69) is 12.2 Å². The third kappa shape index (κ3) is 1.92. The topological polar surface area (TPSA) is 49.3 Å². The van der Waals surface area contributed by atoms with E-state index in [9.17, 15) is 4.79 Å². The fourth-order valence-corrected chi connectivity index (χ4v) is 2.66. The first kappa shape index (κ1) is 9.97. The molecule has 0 aromatic carbocycles. The lowest BCUT2D eigenvalue weighted by atomic mass is 9.79. The Morgan fingerprint density at radius 2 is 2.07 bits per heavy atom. The van der Waals surface area contributed by atoms with Crippen LogP contribution in [0.3, 0.4) is 0 Å². The Morgan fingerprint density at radius 1 is 1.29 bits per heavy atom. The molecule has 2 N–H and O–H groups in total. The number of hydrogen-bond donors (Lipinski definition) is 2. The Morgan fingerprint density at radius 3 is 2.50 bits per heavy atom. The molecular weight excluding hydrogens is 178 g/mol. The van der Waals surface area contributed by atoms with Crippen LogP contribution in [0, 0.1) is 11.8 Å². The van der Waals surface area contributed by atoms with Crippen molar-refractivity contribution in [1.29, 1.82) is 0 Å². The average molecular weight is 197 g/mol. The van der Waals surface area contributed by atoms with E-state index in [-0.39, 0.29) is 12.0 Å². The van der Waals surface area contributed by atoms with Crippen molar-refractivity contribution in [1.82, 2.24) is 5.32 Å². The largest absolute Gasteiger partial charge is 0.481 e. The average Bonchev–Trinajstić information content (AvgIpc) is 2.44. The van der Waals surface area contributed by atoms with Crippen LogP contribution in [0.2, 0.25) is 0 Å². The van der Waals surface area contributed by atoms with Crippen LogP contribution in [0.4, 0.5) is 0 Å². The van der Waals surface area contributed by atoms with E-state index in [4.69, 9.17) is 5.11 Å². The SMILES string of the molecule is CC1CCC(NC2CCC2C(=O)O)C1. The fourth-order valence-electron chi connectivity index (χ4n) is 2.66. The smallest absolute Gasteiger partial charge is 0.308 e. The first-order valence-corrected chi connectivity index (χ1v) is 5.65. The molecule has 0 aromatic heterocycles. The minimum atomic E-state index is -0.625. The van der Waals surface area contributed by atoms with Crippen molar-refractivity contribution in [3.8, 4) is 0 Å². The van der Waals surface area contributed by atoms with Crippen molar-refractivity contribution in [2.24, 2.45) is 11.8 Å². The predicted molar refractivity (Wildman–Crippen MR) is 54.1 cm³/mol. The summed E-state index contributed by atoms with van der Waals surface area (Å²) >= 11 is 0. The van der Waals surface area contributed by atoms with E-state index < -0.39 is 5.97 Å². The Balaban J connectivity index is 1.78. The highest BCUT2D eigenvalue weighted by molar-refractivity contribution is 5.72. The summed E-state index contributed by atoms with van der Waals surface area (Å²) in [7, 11) is 0. The Bertz CT molecular complexity index is 229. The second kappa shape index (κ2) is 3.89. The summed E-state index contributed by atoms with van der Waals surface area (Å²) in [4.78, 5) is 10.8. The summed E-state index contributed by atoms with van der Waals surface area (Å²) in [6, 6.07) is 0.833. The van der Waals surface area contributed by atoms with Gasteiger partial charge in [0.2, 0.25) is 0 Å². The van der Waals surface area contributed by atoms with Crippen LogP contribution in [0.25, 0.3) is 0 Å². The van der Waals surface area contributed by atoms with Gasteiger partial charge in [-0.1, -0.05) is 6.92 Å². The van der Waals surface area contributed by atoms with Crippen LogP contribution in [-0.2, 0) is 4.79 Å². The summed E-state index contributed by atoms with van der Waals surface area (Å²) in [6.07, 6.45) is 5.64. The molecule has 2 aliphatic carbocycles. The summed E-state index contributed by atoms with van der Waals surface area (Å²) in [5, 5.41) is 12.4. The molecule has 4 unspecified atom stereocenters. The number of nitrogens with one attached hydrogen (secondary N) is 1. The third-order valence-corrected chi connectivity index (χ3v) is 3.74. The first-order valence-electron chi connectivity index (χ1n) is 5.65. The normalized spacial score (nSPS) is 42.1. The zero-order valence-corrected chi connectivity index (χ0v) is 8.70. The highest BCUT2D eigenvalue weighted by atomic mass is 16.4. The van der Waals surface area contributed by atoms with Gasteiger partial charge in [0.15, 0.2) is 0 Å². The lowest BCUT2D eigenvalue weighted by molar-refractivity contribution is -0.146. The van der Waals surface area contributed by atoms with E-state index in [1.807, 2.05) is 0 Å². The second-order valence-corrected chi connectivity index (χ2v) is 4.91. The molecule has 0 aliphatic heterocycles. The van der Waals surface area contributed by atoms with Gasteiger partial charge in [-0.05, 0) is 38.0 Å². The van der Waals surface area contributed by atoms with E-state index in [0.29, 0.717) is 6.04 Å². The van der Waals surface area contributed by atoms with Gasteiger partial charge in [0.05, 0.1) is 5.92 Å². The van der Waals surface area contributed by atoms with Gasteiger partial charge in [-0.2, -0.15) is 0 Å². The number of carboxylic acid groups (broad SMARTS) is 1. The highest BCUT2D eigenvalue weighted by Gasteiger charge is 2.38. The number of carbonyl (C=O) groups is 1. The summed E-state index contributed by atoms with van der Waals surface area (Å²) in [5.74, 6) is 0.0709. The quantitative estimate of drug-likeness (QED) is 0.723. The molecule has 14 heavy (non-hydrogen) atoms. The molecule has 2 saturated carbocycles. The van der Waals surface area contributed by atoms with Crippen LogP contribution < -0.4 is 5.32 Å². The van der Waals surface area contributed by atoms with Gasteiger partial charge in [-0.3, -0.25) is 4.79 Å². The van der Waals surface area contributed by atoms with Crippen molar-refractivity contribution < 1.29 is 9.90 Å². The Hall–Kier alpha value is -0.570. The zero-order valence-electron chi connectivity index (χ0n) is 8.70. The summed E-state index contributed by atoms with van der Waals surface area (Å²) in [6.45, 7) is 2.27. The maximum Gasteiger partial charge on any atom is 0.308 e. The molecule has 3 heteroatoms. The van der Waals surface area contributed by atoms with Gasteiger partial charge in [-0.15, -0.1) is 0 Å². The third-order valence-electron chi connectivity index (χ3n) is 3.74. The van der Waals surface area contributed by atoms with Crippen molar-refractivity contribution in [2.45, 2.75) is 51.1 Å². The molecule has 2 fully saturated rings. The van der Waals surface area contributed by atoms with Gasteiger partial charge in [0, 0.05) is 12.1 Å². The minimum absolute atomic E-state index is 0.120. The van der Waals surface area contributed by atoms with Gasteiger partial charge < -0.3 is 10.4 Å². The van der Waals surface area contributed by atoms with Crippen molar-refractivity contribution in [3.05, 3.63) is 0 Å². The highest BCUT2D eigenvalue weighted by Crippen LogP contribution is 2.31. The molecule has 0 amide bonds. The molecule has 0 aromatic rings. The number of aliphatic carboxylic acids is 1. The van der Waals surface area contributed by atoms with E-state index in [1.54, 1.807) is 0 Å². The molecular formula is C11H19NO2. The van der Waals surface area contributed by atoms with Crippen LogP contribution in [0.15, 0.2) is 0 Å². The second-order valence-electron chi connectivity index (χ2n) is 4.91. The van der Waals surface area contributed by atoms with Gasteiger partial charge in [-0.25, -0.2) is 0 Å². The zero-order chi connectivity index (χ0) is 10.1. The van der Waals surface area contributed by atoms with Crippen LogP contribution in [0.5, 0.6) is 0 Å². The first-order chi connectivity index (χ1) is 6.66. The molecule has 3 nitrogen and oxygen atoms in total. The van der Waals surface area contributed by atoms with Gasteiger partial charge >= 0.3 is 5.97 Å². The summed E-state index contributed by atoms with van der Waals surface area (Å²) in [5.41, 5.74) is 0. The van der Waals surface area contributed by atoms with Crippen molar-refractivity contribution in [3.63, 3.8) is 0 Å². The number of rotatable bonds is 3. The van der Waals surface area contributed by atoms with E-state index >= 15 is 0 Å². The molecule has 80 valence electrons. The number of hydrogen-bond acceptors (Lipinski definition) is 2. The maximum absolute atomic E-state index is 10.8. The maximum atomic E-state index is 10.8. The van der Waals surface area contributed by atoms with Crippen molar-refractivity contribution >= 4 is 5.97 Å². The van der Waals surface area contributed by atoms with E-state index in [0.717, 1.165) is 18.8 Å². The van der Waals surface area contributed by atoms with Gasteiger partial charge in [0.1, 0.15) is 0 Å². The molecule has 0 bridgehead atoms. The standard InChI is InChI=1S/C11H19NO2/c1-7-2-3-8(6-7)12-10-5-4-9(10)11(13)14/h7-10,12H,2-6H2,1H3,(H,13,14). The van der Waals surface area contributed by atoms with Gasteiger partial charge in [0.25, 0.3) is 0 Å². The Kier molecular flexibility index (Phi) is 2.77. The van der Waals surface area contributed by atoms with E-state index in [1.165, 1.54) is 19.3 Å². The number of carboxylic acids is 1. The predicted octanol–water partition coefficient (Wildman–Crippen LogP) is 1.63. The molecule has 2 rings (SSSR count). The lowest BCUT2D eigenvalue weighted by Gasteiger charge is -2.36. The minimum Gasteiger partial charge on any atom is -0.481 e. The fraction of sp³-hybridized carbons (Fsp3) is 0.909. The molecule has 4 atom stereocenters. The van der Waals surface area contributed by atoms with Crippen LogP contribution in [0.1, 0.15) is 39.0 Å². The molecule has 0 heterocycles. The molecule has 2 aliphatic rings. The molecule has 0 radical (unpaired) electrons. The summed E-state index contributed by atoms with van der Waals surface area (Å²) < 4.78 is 0. The van der Waals surface area contributed by atoms with Crippen molar-refractivity contribution in [2.75, 3.05) is 0 Å². The van der Waals surface area contributed by atoms with Crippen LogP contribution >= 0.6 is 0 Å². The lowest BCUT2D eigenvalue weighted by Crippen LogP contribution is -2.50. The van der Waals surface area contributed by atoms with Crippen LogP contribution in [-0.4, -0.2) is 23.2 Å². The monoisotopic (exact) mass is 197 g/mol.